The number of amides is 3. The summed E-state index contributed by atoms with van der Waals surface area (Å²) in [6.07, 6.45) is 5.17. The molecule has 0 unspecified atom stereocenters. The number of ether oxygens (including phenoxy) is 1. The van der Waals surface area contributed by atoms with Gasteiger partial charge in [0.25, 0.3) is 0 Å². The van der Waals surface area contributed by atoms with Crippen LogP contribution in [0.3, 0.4) is 0 Å². The van der Waals surface area contributed by atoms with Gasteiger partial charge in [0, 0.05) is 13.1 Å². The first-order valence-corrected chi connectivity index (χ1v) is 10.3. The highest BCUT2D eigenvalue weighted by Gasteiger charge is 2.44. The quantitative estimate of drug-likeness (QED) is 0.291. The molecular formula is C21H32N4O3. The zero-order chi connectivity index (χ0) is 20.0. The first-order chi connectivity index (χ1) is 13.5. The van der Waals surface area contributed by atoms with Crippen LogP contribution in [-0.2, 0) is 10.3 Å². The smallest absolute Gasteiger partial charge is 0.324 e. The highest BCUT2D eigenvalue weighted by Crippen LogP contribution is 2.45. The summed E-state index contributed by atoms with van der Waals surface area (Å²) in [4.78, 5) is 24.2. The summed E-state index contributed by atoms with van der Waals surface area (Å²) in [6, 6.07) is 8.12. The molecule has 7 heteroatoms. The zero-order valence-electron chi connectivity index (χ0n) is 16.9. The number of hydrogen-bond donors (Lipinski definition) is 3. The van der Waals surface area contributed by atoms with E-state index in [4.69, 9.17) is 4.74 Å². The minimum Gasteiger partial charge on any atom is -0.493 e. The summed E-state index contributed by atoms with van der Waals surface area (Å²) in [6.45, 7) is 6.74. The van der Waals surface area contributed by atoms with E-state index >= 15 is 0 Å². The van der Waals surface area contributed by atoms with Crippen LogP contribution in [0.15, 0.2) is 24.3 Å². The summed E-state index contributed by atoms with van der Waals surface area (Å²) in [5.41, 5.74) is 8.15. The standard InChI is InChI=1S/C21H32N4O3/c1-16(2)15-28-18-8-6-7-17(13-18)21(9-10-21)24-22-11-4-3-5-12-25-14-19(26)23-20(25)27/h6-8,13,16,22,24H,3-5,9-12,14-15H2,1-2H3,(H,23,26,27). The van der Waals surface area contributed by atoms with E-state index in [-0.39, 0.29) is 24.0 Å². The van der Waals surface area contributed by atoms with Crippen LogP contribution in [0, 0.1) is 5.92 Å². The van der Waals surface area contributed by atoms with Crippen LogP contribution < -0.4 is 20.9 Å². The number of urea groups is 1. The van der Waals surface area contributed by atoms with Crippen LogP contribution in [0.2, 0.25) is 0 Å². The molecule has 0 aromatic heterocycles. The molecule has 7 nitrogen and oxygen atoms in total. The van der Waals surface area contributed by atoms with Gasteiger partial charge in [0.15, 0.2) is 0 Å². The number of benzene rings is 1. The molecule has 0 bridgehead atoms. The third kappa shape index (κ3) is 5.69. The number of hydrazine groups is 1. The average Bonchev–Trinajstić information content (AvgIpc) is 3.39. The van der Waals surface area contributed by atoms with Crippen LogP contribution in [0.25, 0.3) is 0 Å². The Morgan fingerprint density at radius 2 is 2.04 bits per heavy atom. The summed E-state index contributed by atoms with van der Waals surface area (Å²) >= 11 is 0. The lowest BCUT2D eigenvalue weighted by atomic mass is 10.1. The molecule has 1 aliphatic heterocycles. The van der Waals surface area contributed by atoms with E-state index in [0.29, 0.717) is 12.5 Å². The van der Waals surface area contributed by atoms with Crippen molar-refractivity contribution in [2.75, 3.05) is 26.2 Å². The number of hydrogen-bond acceptors (Lipinski definition) is 5. The molecular weight excluding hydrogens is 356 g/mol. The Bertz CT molecular complexity index is 688. The van der Waals surface area contributed by atoms with Crippen LogP contribution in [0.5, 0.6) is 5.75 Å². The van der Waals surface area contributed by atoms with Gasteiger partial charge in [-0.2, -0.15) is 0 Å². The predicted molar refractivity (Wildman–Crippen MR) is 108 cm³/mol. The normalized spacial score (nSPS) is 17.9. The van der Waals surface area contributed by atoms with E-state index in [1.165, 1.54) is 5.56 Å². The van der Waals surface area contributed by atoms with Crippen molar-refractivity contribution < 1.29 is 14.3 Å². The summed E-state index contributed by atoms with van der Waals surface area (Å²) in [7, 11) is 0. The molecule has 1 saturated carbocycles. The maximum Gasteiger partial charge on any atom is 0.324 e. The number of unbranched alkanes of at least 4 members (excludes halogenated alkanes) is 2. The van der Waals surface area contributed by atoms with Crippen molar-refractivity contribution in [1.82, 2.24) is 21.1 Å². The van der Waals surface area contributed by atoms with Gasteiger partial charge in [-0.3, -0.25) is 15.5 Å². The van der Waals surface area contributed by atoms with Crippen molar-refractivity contribution in [3.63, 3.8) is 0 Å². The Morgan fingerprint density at radius 1 is 1.21 bits per heavy atom. The lowest BCUT2D eigenvalue weighted by Gasteiger charge is -2.20. The lowest BCUT2D eigenvalue weighted by molar-refractivity contribution is -0.118. The maximum atomic E-state index is 11.5. The van der Waals surface area contributed by atoms with Crippen molar-refractivity contribution in [3.05, 3.63) is 29.8 Å². The van der Waals surface area contributed by atoms with E-state index in [1.807, 2.05) is 6.07 Å². The molecule has 28 heavy (non-hydrogen) atoms. The Balaban J connectivity index is 1.33. The van der Waals surface area contributed by atoms with E-state index in [9.17, 15) is 9.59 Å². The number of nitrogens with one attached hydrogen (secondary N) is 3. The van der Waals surface area contributed by atoms with Gasteiger partial charge in [0.2, 0.25) is 5.91 Å². The topological polar surface area (TPSA) is 82.7 Å². The molecule has 2 aliphatic rings. The Labute approximate surface area is 167 Å². The summed E-state index contributed by atoms with van der Waals surface area (Å²) in [5, 5.41) is 2.30. The molecule has 1 aromatic rings. The third-order valence-electron chi connectivity index (χ3n) is 5.15. The molecule has 0 atom stereocenters. The van der Waals surface area contributed by atoms with Crippen molar-refractivity contribution in [2.24, 2.45) is 5.92 Å². The molecule has 0 radical (unpaired) electrons. The Hall–Kier alpha value is -2.12. The van der Waals surface area contributed by atoms with Gasteiger partial charge in [-0.25, -0.2) is 10.2 Å². The number of carbonyl (C=O) groups excluding carboxylic acids is 2. The van der Waals surface area contributed by atoms with Crippen LogP contribution in [0.1, 0.15) is 51.5 Å². The Kier molecular flexibility index (Phi) is 6.91. The molecule has 1 aliphatic carbocycles. The highest BCUT2D eigenvalue weighted by atomic mass is 16.5. The summed E-state index contributed by atoms with van der Waals surface area (Å²) in [5.74, 6) is 1.24. The molecule has 1 heterocycles. The highest BCUT2D eigenvalue weighted by molar-refractivity contribution is 6.01. The lowest BCUT2D eigenvalue weighted by Crippen LogP contribution is -2.41. The molecule has 1 aromatic carbocycles. The summed E-state index contributed by atoms with van der Waals surface area (Å²) < 4.78 is 5.86. The first-order valence-electron chi connectivity index (χ1n) is 10.3. The van der Waals surface area contributed by atoms with Crippen molar-refractivity contribution >= 4 is 11.9 Å². The molecule has 2 fully saturated rings. The van der Waals surface area contributed by atoms with E-state index in [0.717, 1.165) is 51.0 Å². The van der Waals surface area contributed by atoms with Crippen LogP contribution >= 0.6 is 0 Å². The number of imide groups is 1. The number of nitrogens with zero attached hydrogens (tertiary/aromatic N) is 1. The van der Waals surface area contributed by atoms with Gasteiger partial charge in [-0.1, -0.05) is 32.4 Å². The van der Waals surface area contributed by atoms with Gasteiger partial charge in [0.05, 0.1) is 12.1 Å². The second kappa shape index (κ2) is 9.39. The molecule has 0 spiro atoms. The van der Waals surface area contributed by atoms with Crippen LogP contribution in [0.4, 0.5) is 4.79 Å². The monoisotopic (exact) mass is 388 g/mol. The Morgan fingerprint density at radius 3 is 2.71 bits per heavy atom. The predicted octanol–water partition coefficient (Wildman–Crippen LogP) is 2.53. The molecule has 3 amide bonds. The molecule has 154 valence electrons. The largest absolute Gasteiger partial charge is 0.493 e. The van der Waals surface area contributed by atoms with Crippen molar-refractivity contribution in [3.8, 4) is 5.75 Å². The van der Waals surface area contributed by atoms with Crippen LogP contribution in [-0.4, -0.2) is 43.1 Å². The zero-order valence-corrected chi connectivity index (χ0v) is 16.9. The maximum absolute atomic E-state index is 11.5. The van der Waals surface area contributed by atoms with E-state index in [1.54, 1.807) is 4.90 Å². The third-order valence-corrected chi connectivity index (χ3v) is 5.15. The van der Waals surface area contributed by atoms with E-state index in [2.05, 4.69) is 48.2 Å². The molecule has 3 N–H and O–H groups in total. The molecule has 1 saturated heterocycles. The average molecular weight is 389 g/mol. The number of rotatable bonds is 12. The van der Waals surface area contributed by atoms with Gasteiger partial charge in [-0.05, 0) is 49.3 Å². The minimum absolute atomic E-state index is 0.0190. The second-order valence-corrected chi connectivity index (χ2v) is 8.20. The van der Waals surface area contributed by atoms with Gasteiger partial charge >= 0.3 is 6.03 Å². The first kappa shape index (κ1) is 20.6. The number of carbonyl (C=O) groups is 2. The van der Waals surface area contributed by atoms with Crippen molar-refractivity contribution in [2.45, 2.75) is 51.5 Å². The minimum atomic E-state index is -0.264. The van der Waals surface area contributed by atoms with Crippen molar-refractivity contribution in [1.29, 1.82) is 0 Å². The van der Waals surface area contributed by atoms with Gasteiger partial charge < -0.3 is 9.64 Å². The molecule has 3 rings (SSSR count). The van der Waals surface area contributed by atoms with Gasteiger partial charge in [-0.15, -0.1) is 0 Å². The fourth-order valence-corrected chi connectivity index (χ4v) is 3.35. The SMILES string of the molecule is CC(C)COc1cccc(C2(NNCCCCCN3CC(=O)NC3=O)CC2)c1. The fraction of sp³-hybridized carbons (Fsp3) is 0.619. The van der Waals surface area contributed by atoms with Gasteiger partial charge in [0.1, 0.15) is 12.3 Å². The second-order valence-electron chi connectivity index (χ2n) is 8.20. The van der Waals surface area contributed by atoms with E-state index < -0.39 is 0 Å². The fourth-order valence-electron chi connectivity index (χ4n) is 3.35.